The number of aliphatic hydroxyl groups excluding tert-OH is 6. The van der Waals surface area contributed by atoms with Gasteiger partial charge in [0.1, 0.15) is 136 Å². The number of benzene rings is 4. The first-order chi connectivity index (χ1) is 33.0. The summed E-state index contributed by atoms with van der Waals surface area (Å²) in [5, 5.41) is 85.0. The Hall–Kier alpha value is -7.28. The summed E-state index contributed by atoms with van der Waals surface area (Å²) in [6, 6.07) is 20.1. The molecule has 0 amide bonds. The molecule has 2 fully saturated rings. The summed E-state index contributed by atoms with van der Waals surface area (Å²) in [5.74, 6) is -2.52. The van der Waals surface area contributed by atoms with Crippen LogP contribution in [0.25, 0.3) is 44.6 Å². The molecule has 22 nitrogen and oxygen atoms in total. The highest BCUT2D eigenvalue weighted by molar-refractivity contribution is 5.91. The molecule has 8 rings (SSSR count). The van der Waals surface area contributed by atoms with Crippen molar-refractivity contribution in [2.45, 2.75) is 67.8 Å². The zero-order valence-electron chi connectivity index (χ0n) is 36.3. The summed E-state index contributed by atoms with van der Waals surface area (Å²) >= 11 is 0. The quantitative estimate of drug-likeness (QED) is 0.0562. The molecule has 69 heavy (non-hydrogen) atoms. The van der Waals surface area contributed by atoms with Gasteiger partial charge < -0.3 is 87.6 Å². The van der Waals surface area contributed by atoms with E-state index in [2.05, 4.69) is 0 Å². The fourth-order valence-electron chi connectivity index (χ4n) is 7.56. The average Bonchev–Trinajstić information content (AvgIpc) is 3.33. The molecular weight excluding hydrogens is 916 g/mol. The number of phenols is 2. The SMILES string of the molecule is COc1ccc(-c2cc(=O)c3c(O)cc(O[C@@H]4O[C@H](COC(=O)CC(=O)OC[C@H]5O[C@@H](Oc6cc(O)c7c(=O)cc(-c8ccc(OC)cc8)oc7c6)[C@H](O)[C@@H](O)[C@@H]5O)[C@@H](O)[C@H](O)[C@H]4O)cc3o2)cc1. The lowest BCUT2D eigenvalue weighted by Crippen LogP contribution is -2.60. The van der Waals surface area contributed by atoms with E-state index in [1.54, 1.807) is 48.5 Å². The second-order valence-corrected chi connectivity index (χ2v) is 15.8. The van der Waals surface area contributed by atoms with Crippen LogP contribution < -0.4 is 29.8 Å². The number of carbonyl (C=O) groups is 2. The predicted octanol–water partition coefficient (Wildman–Crippen LogP) is 1.21. The Morgan fingerprint density at radius 3 is 1.25 bits per heavy atom. The number of phenolic OH excluding ortho intramolecular Hbond substituents is 2. The van der Waals surface area contributed by atoms with Crippen LogP contribution in [-0.4, -0.2) is 142 Å². The molecule has 4 heterocycles. The number of carbonyl (C=O) groups excluding carboxylic acids is 2. The number of aromatic hydroxyl groups is 2. The number of rotatable bonds is 14. The Bertz CT molecular complexity index is 2750. The fourth-order valence-corrected chi connectivity index (χ4v) is 7.56. The molecule has 0 aliphatic carbocycles. The molecule has 2 aromatic heterocycles. The van der Waals surface area contributed by atoms with Crippen LogP contribution in [0.3, 0.4) is 0 Å². The molecule has 10 atom stereocenters. The first kappa shape index (κ1) is 48.2. The first-order valence-electron chi connectivity index (χ1n) is 21.0. The maximum Gasteiger partial charge on any atom is 0.317 e. The van der Waals surface area contributed by atoms with Crippen molar-refractivity contribution in [3.63, 3.8) is 0 Å². The molecule has 22 heteroatoms. The van der Waals surface area contributed by atoms with Crippen molar-refractivity contribution < 1.29 is 97.2 Å². The van der Waals surface area contributed by atoms with Gasteiger partial charge in [-0.1, -0.05) is 0 Å². The van der Waals surface area contributed by atoms with E-state index >= 15 is 0 Å². The molecule has 4 aromatic carbocycles. The standard InChI is InChI=1S/C47H44O22/c1-60-22-7-3-20(4-8-22)30-15-28(50)38-26(48)11-24(13-32(38)66-30)64-46-44(58)42(56)40(54)34(68-46)18-62-36(52)17-37(53)63-19-35-41(55)43(57)45(59)47(69-35)65-25-12-27(49)39-29(51)16-31(67-33(39)14-25)21-5-9-23(61-2)10-6-21/h3-16,34-35,40-49,54-59H,17-19H2,1-2H3/t34-,35-,40-,41-,42+,43+,44-,45-,46-,47-/m1/s1. The van der Waals surface area contributed by atoms with E-state index in [1.807, 2.05) is 0 Å². The molecule has 2 aliphatic rings. The fraction of sp³-hybridized carbons (Fsp3) is 0.319. The second-order valence-electron chi connectivity index (χ2n) is 15.8. The third-order valence-corrected chi connectivity index (χ3v) is 11.3. The van der Waals surface area contributed by atoms with Crippen molar-refractivity contribution in [2.24, 2.45) is 0 Å². The number of hydrogen-bond acceptors (Lipinski definition) is 22. The Balaban J connectivity index is 0.864. The van der Waals surface area contributed by atoms with Gasteiger partial charge in [-0.3, -0.25) is 19.2 Å². The lowest BCUT2D eigenvalue weighted by Gasteiger charge is -2.40. The molecule has 0 spiro atoms. The van der Waals surface area contributed by atoms with Gasteiger partial charge in [-0.2, -0.15) is 0 Å². The predicted molar refractivity (Wildman–Crippen MR) is 233 cm³/mol. The molecule has 0 unspecified atom stereocenters. The second kappa shape index (κ2) is 20.1. The Labute approximate surface area is 388 Å². The smallest absolute Gasteiger partial charge is 0.317 e. The number of aliphatic hydroxyl groups is 6. The van der Waals surface area contributed by atoms with E-state index in [0.717, 1.165) is 12.1 Å². The van der Waals surface area contributed by atoms with Gasteiger partial charge in [0, 0.05) is 47.5 Å². The molecule has 0 bridgehead atoms. The zero-order valence-corrected chi connectivity index (χ0v) is 36.3. The minimum atomic E-state index is -1.92. The molecule has 6 aromatic rings. The van der Waals surface area contributed by atoms with Crippen molar-refractivity contribution in [3.05, 3.63) is 105 Å². The van der Waals surface area contributed by atoms with E-state index in [0.29, 0.717) is 22.6 Å². The lowest BCUT2D eigenvalue weighted by atomic mass is 9.99. The maximum absolute atomic E-state index is 13.0. The number of esters is 2. The number of methoxy groups -OCH3 is 2. The van der Waals surface area contributed by atoms with Gasteiger partial charge in [0.05, 0.1) is 14.2 Å². The molecule has 0 saturated carbocycles. The first-order valence-corrected chi connectivity index (χ1v) is 21.0. The molecule has 0 radical (unpaired) electrons. The highest BCUT2D eigenvalue weighted by Crippen LogP contribution is 2.36. The van der Waals surface area contributed by atoms with Gasteiger partial charge in [0.2, 0.25) is 12.6 Å². The minimum absolute atomic E-state index is 0.113. The molecule has 2 saturated heterocycles. The highest BCUT2D eigenvalue weighted by Gasteiger charge is 2.47. The van der Waals surface area contributed by atoms with Gasteiger partial charge in [-0.15, -0.1) is 0 Å². The summed E-state index contributed by atoms with van der Waals surface area (Å²) in [5.41, 5.74) is -0.373. The van der Waals surface area contributed by atoms with E-state index < -0.39 is 115 Å². The van der Waals surface area contributed by atoms with E-state index in [-0.39, 0.29) is 45.0 Å². The summed E-state index contributed by atoms with van der Waals surface area (Å²) in [7, 11) is 2.98. The van der Waals surface area contributed by atoms with Crippen LogP contribution in [-0.2, 0) is 28.5 Å². The summed E-state index contributed by atoms with van der Waals surface area (Å²) in [4.78, 5) is 51.3. The largest absolute Gasteiger partial charge is 0.507 e. The van der Waals surface area contributed by atoms with Crippen molar-refractivity contribution in [1.82, 2.24) is 0 Å². The van der Waals surface area contributed by atoms with Crippen molar-refractivity contribution in [3.8, 4) is 57.1 Å². The number of ether oxygens (including phenoxy) is 8. The Morgan fingerprint density at radius 2 is 0.884 bits per heavy atom. The van der Waals surface area contributed by atoms with E-state index in [1.165, 1.54) is 38.5 Å². The molecule has 8 N–H and O–H groups in total. The van der Waals surface area contributed by atoms with Gasteiger partial charge in [0.25, 0.3) is 0 Å². The summed E-state index contributed by atoms with van der Waals surface area (Å²) in [6.45, 7) is -1.58. The summed E-state index contributed by atoms with van der Waals surface area (Å²) in [6.07, 6.45) is -18.9. The van der Waals surface area contributed by atoms with Crippen molar-refractivity contribution in [2.75, 3.05) is 27.4 Å². The lowest BCUT2D eigenvalue weighted by molar-refractivity contribution is -0.279. The molecule has 2 aliphatic heterocycles. The van der Waals surface area contributed by atoms with Crippen LogP contribution in [0.1, 0.15) is 6.42 Å². The highest BCUT2D eigenvalue weighted by atomic mass is 16.7. The average molecular weight is 961 g/mol. The third-order valence-electron chi connectivity index (χ3n) is 11.3. The third kappa shape index (κ3) is 10.3. The summed E-state index contributed by atoms with van der Waals surface area (Å²) < 4.78 is 54.9. The molecule has 364 valence electrons. The minimum Gasteiger partial charge on any atom is -0.507 e. The van der Waals surface area contributed by atoms with Crippen molar-refractivity contribution >= 4 is 33.9 Å². The van der Waals surface area contributed by atoms with Gasteiger partial charge >= 0.3 is 11.9 Å². The van der Waals surface area contributed by atoms with E-state index in [4.69, 9.17) is 46.7 Å². The monoisotopic (exact) mass is 960 g/mol. The van der Waals surface area contributed by atoms with Crippen LogP contribution in [0.5, 0.6) is 34.5 Å². The van der Waals surface area contributed by atoms with Gasteiger partial charge in [-0.05, 0) is 48.5 Å². The van der Waals surface area contributed by atoms with Crippen LogP contribution in [0.15, 0.2) is 103 Å². The van der Waals surface area contributed by atoms with Crippen LogP contribution in [0, 0.1) is 0 Å². The molecular formula is C47H44O22. The van der Waals surface area contributed by atoms with Gasteiger partial charge in [-0.25, -0.2) is 0 Å². The maximum atomic E-state index is 13.0. The van der Waals surface area contributed by atoms with Crippen LogP contribution >= 0.6 is 0 Å². The number of fused-ring (bicyclic) bond motifs is 2. The van der Waals surface area contributed by atoms with Crippen LogP contribution in [0.2, 0.25) is 0 Å². The Morgan fingerprint density at radius 1 is 0.507 bits per heavy atom. The van der Waals surface area contributed by atoms with E-state index in [9.17, 15) is 60.0 Å². The van der Waals surface area contributed by atoms with Gasteiger partial charge in [0.15, 0.2) is 10.9 Å². The topological polar surface area (TPSA) is 330 Å². The Kier molecular flexibility index (Phi) is 14.1. The normalized spacial score (nSPS) is 24.6. The van der Waals surface area contributed by atoms with Crippen molar-refractivity contribution in [1.29, 1.82) is 0 Å². The number of hydrogen-bond donors (Lipinski definition) is 8. The zero-order chi connectivity index (χ0) is 49.3. The van der Waals surface area contributed by atoms with Crippen LogP contribution in [0.4, 0.5) is 0 Å².